The lowest BCUT2D eigenvalue weighted by Crippen LogP contribution is -2.17. The Hall–Kier alpha value is -1.23. The molecule has 1 aromatic heterocycles. The summed E-state index contributed by atoms with van der Waals surface area (Å²) >= 11 is 4.89. The molecule has 0 aromatic carbocycles. The number of alkyl halides is 1. The van der Waals surface area contributed by atoms with Gasteiger partial charge in [0.05, 0.1) is 5.56 Å². The molecule has 0 unspecified atom stereocenters. The normalized spacial score (nSPS) is 9.86. The molecule has 1 aromatic rings. The smallest absolute Gasteiger partial charge is 0.136 e. The number of anilines is 1. The Morgan fingerprint density at radius 3 is 3.00 bits per heavy atom. The van der Waals surface area contributed by atoms with Gasteiger partial charge in [-0.1, -0.05) is 12.2 Å². The number of rotatable bonds is 4. The van der Waals surface area contributed by atoms with Crippen LogP contribution in [0.5, 0.6) is 0 Å². The van der Waals surface area contributed by atoms with Crippen molar-refractivity contribution in [3.05, 3.63) is 23.4 Å². The number of hydrogen-bond acceptors (Lipinski definition) is 3. The Bertz CT molecular complexity index is 341. The highest BCUT2D eigenvalue weighted by Gasteiger charge is 2.08. The Morgan fingerprint density at radius 2 is 2.43 bits per heavy atom. The van der Waals surface area contributed by atoms with Gasteiger partial charge in [-0.15, -0.1) is 0 Å². The van der Waals surface area contributed by atoms with Crippen LogP contribution < -0.4 is 11.1 Å². The molecule has 76 valence electrons. The molecular weight excluding hydrogens is 201 g/mol. The van der Waals surface area contributed by atoms with E-state index >= 15 is 0 Å². The van der Waals surface area contributed by atoms with Crippen molar-refractivity contribution in [2.45, 2.75) is 6.92 Å². The highest BCUT2D eigenvalue weighted by atomic mass is 32.1. The Labute approximate surface area is 87.5 Å². The number of thiocarbonyl (C=S) groups is 1. The maximum Gasteiger partial charge on any atom is 0.136 e. The molecule has 14 heavy (non-hydrogen) atoms. The minimum Gasteiger partial charge on any atom is -0.389 e. The maximum absolute atomic E-state index is 12.0. The average Bonchev–Trinajstić information content (AvgIpc) is 2.14. The Kier molecular flexibility index (Phi) is 3.76. The molecule has 1 heterocycles. The highest BCUT2D eigenvalue weighted by Crippen LogP contribution is 2.15. The van der Waals surface area contributed by atoms with Crippen LogP contribution in [0.25, 0.3) is 0 Å². The van der Waals surface area contributed by atoms with Crippen molar-refractivity contribution < 1.29 is 4.39 Å². The van der Waals surface area contributed by atoms with E-state index in [4.69, 9.17) is 18.0 Å². The Morgan fingerprint density at radius 1 is 1.71 bits per heavy atom. The third-order valence-corrected chi connectivity index (χ3v) is 2.00. The fraction of sp³-hybridized carbons (Fsp3) is 0.333. The van der Waals surface area contributed by atoms with Crippen LogP contribution in [0.1, 0.15) is 11.1 Å². The number of aromatic nitrogens is 1. The van der Waals surface area contributed by atoms with Gasteiger partial charge in [0.1, 0.15) is 17.5 Å². The molecule has 0 radical (unpaired) electrons. The molecule has 0 aliphatic heterocycles. The van der Waals surface area contributed by atoms with E-state index < -0.39 is 6.67 Å². The molecule has 0 amide bonds. The van der Waals surface area contributed by atoms with E-state index in [1.165, 1.54) is 0 Å². The van der Waals surface area contributed by atoms with E-state index in [2.05, 4.69) is 10.3 Å². The fourth-order valence-corrected chi connectivity index (χ4v) is 1.43. The molecule has 0 saturated carbocycles. The van der Waals surface area contributed by atoms with Crippen LogP contribution in [0.2, 0.25) is 0 Å². The lowest BCUT2D eigenvalue weighted by Gasteiger charge is -2.10. The molecule has 1 rings (SSSR count). The quantitative estimate of drug-likeness (QED) is 0.742. The second-order valence-corrected chi connectivity index (χ2v) is 3.27. The summed E-state index contributed by atoms with van der Waals surface area (Å²) in [7, 11) is 0. The number of nitrogens with one attached hydrogen (secondary N) is 1. The summed E-state index contributed by atoms with van der Waals surface area (Å²) in [5.74, 6) is 0.551. The van der Waals surface area contributed by atoms with Gasteiger partial charge in [0.2, 0.25) is 0 Å². The first-order valence-electron chi connectivity index (χ1n) is 4.22. The van der Waals surface area contributed by atoms with Crippen molar-refractivity contribution in [1.29, 1.82) is 0 Å². The van der Waals surface area contributed by atoms with E-state index in [0.29, 0.717) is 11.4 Å². The van der Waals surface area contributed by atoms with Gasteiger partial charge in [-0.2, -0.15) is 0 Å². The second kappa shape index (κ2) is 4.85. The van der Waals surface area contributed by atoms with Crippen LogP contribution in [0.15, 0.2) is 12.3 Å². The average molecular weight is 213 g/mol. The SMILES string of the molecule is Cc1ccnc(NCCF)c1C(N)=S. The van der Waals surface area contributed by atoms with Crippen LogP contribution >= 0.6 is 12.2 Å². The minimum absolute atomic E-state index is 0.214. The second-order valence-electron chi connectivity index (χ2n) is 2.83. The number of hydrogen-bond donors (Lipinski definition) is 2. The molecule has 0 aliphatic rings. The molecule has 0 fully saturated rings. The van der Waals surface area contributed by atoms with Gasteiger partial charge >= 0.3 is 0 Å². The zero-order valence-corrected chi connectivity index (χ0v) is 8.70. The van der Waals surface area contributed by atoms with Crippen molar-refractivity contribution in [3.8, 4) is 0 Å². The molecule has 0 aliphatic carbocycles. The maximum atomic E-state index is 12.0. The number of halogens is 1. The van der Waals surface area contributed by atoms with E-state index in [0.717, 1.165) is 5.56 Å². The van der Waals surface area contributed by atoms with Gasteiger partial charge in [0.25, 0.3) is 0 Å². The lowest BCUT2D eigenvalue weighted by molar-refractivity contribution is 0.512. The molecule has 3 N–H and O–H groups in total. The van der Waals surface area contributed by atoms with Crippen molar-refractivity contribution in [1.82, 2.24) is 4.98 Å². The summed E-state index contributed by atoms with van der Waals surface area (Å²) in [4.78, 5) is 4.33. The van der Waals surface area contributed by atoms with Gasteiger partial charge < -0.3 is 11.1 Å². The zero-order chi connectivity index (χ0) is 10.6. The summed E-state index contributed by atoms with van der Waals surface area (Å²) in [5.41, 5.74) is 7.17. The zero-order valence-electron chi connectivity index (χ0n) is 7.88. The largest absolute Gasteiger partial charge is 0.389 e. The van der Waals surface area contributed by atoms with Gasteiger partial charge in [-0.3, -0.25) is 0 Å². The van der Waals surface area contributed by atoms with Crippen LogP contribution in [0.4, 0.5) is 10.2 Å². The van der Waals surface area contributed by atoms with Crippen LogP contribution in [-0.4, -0.2) is 23.2 Å². The summed E-state index contributed by atoms with van der Waals surface area (Å²) in [6, 6.07) is 1.81. The summed E-state index contributed by atoms with van der Waals surface area (Å²) in [6.07, 6.45) is 1.64. The predicted molar refractivity (Wildman–Crippen MR) is 59.3 cm³/mol. The number of pyridine rings is 1. The number of nitrogens with two attached hydrogens (primary N) is 1. The summed E-state index contributed by atoms with van der Waals surface area (Å²) in [5, 5.41) is 2.83. The highest BCUT2D eigenvalue weighted by molar-refractivity contribution is 7.80. The minimum atomic E-state index is -0.452. The third-order valence-electron chi connectivity index (χ3n) is 1.79. The number of nitrogens with zero attached hydrogens (tertiary/aromatic N) is 1. The molecular formula is C9H12FN3S. The van der Waals surface area contributed by atoms with E-state index in [9.17, 15) is 4.39 Å². The summed E-state index contributed by atoms with van der Waals surface area (Å²) in [6.45, 7) is 1.65. The van der Waals surface area contributed by atoms with Crippen molar-refractivity contribution >= 4 is 23.0 Å². The first-order valence-corrected chi connectivity index (χ1v) is 4.63. The first kappa shape index (κ1) is 10.8. The van der Waals surface area contributed by atoms with Crippen LogP contribution in [0, 0.1) is 6.92 Å². The monoisotopic (exact) mass is 213 g/mol. The molecule has 5 heteroatoms. The van der Waals surface area contributed by atoms with Gasteiger partial charge in [-0.25, -0.2) is 9.37 Å². The molecule has 0 bridgehead atoms. The fourth-order valence-electron chi connectivity index (χ4n) is 1.17. The topological polar surface area (TPSA) is 50.9 Å². The van der Waals surface area contributed by atoms with Crippen LogP contribution in [0.3, 0.4) is 0 Å². The van der Waals surface area contributed by atoms with Gasteiger partial charge in [-0.05, 0) is 18.6 Å². The molecule has 0 spiro atoms. The predicted octanol–water partition coefficient (Wildman–Crippen LogP) is 1.41. The standard InChI is InChI=1S/C9H12FN3S/c1-6-2-4-12-9(13-5-3-10)7(6)8(11)14/h2,4H,3,5H2,1H3,(H2,11,14)(H,12,13). The first-order chi connectivity index (χ1) is 6.66. The van der Waals surface area contributed by atoms with E-state index in [1.54, 1.807) is 6.20 Å². The summed E-state index contributed by atoms with van der Waals surface area (Å²) < 4.78 is 12.0. The van der Waals surface area contributed by atoms with Gasteiger partial charge in [0.15, 0.2) is 0 Å². The van der Waals surface area contributed by atoms with E-state index in [1.807, 2.05) is 13.0 Å². The van der Waals surface area contributed by atoms with Crippen molar-refractivity contribution in [2.24, 2.45) is 5.73 Å². The van der Waals surface area contributed by atoms with Crippen molar-refractivity contribution in [3.63, 3.8) is 0 Å². The van der Waals surface area contributed by atoms with E-state index in [-0.39, 0.29) is 11.5 Å². The Balaban J connectivity index is 3.02. The molecule has 3 nitrogen and oxygen atoms in total. The lowest BCUT2D eigenvalue weighted by atomic mass is 10.1. The third kappa shape index (κ3) is 2.38. The molecule has 0 saturated heterocycles. The van der Waals surface area contributed by atoms with Gasteiger partial charge in [0, 0.05) is 12.7 Å². The van der Waals surface area contributed by atoms with Crippen LogP contribution in [-0.2, 0) is 0 Å². The van der Waals surface area contributed by atoms with Crippen molar-refractivity contribution in [2.75, 3.05) is 18.5 Å². The molecule has 0 atom stereocenters. The number of aryl methyl sites for hydroxylation is 1.